The normalized spacial score (nSPS) is 16.7. The molecule has 104 valence electrons. The summed E-state index contributed by atoms with van der Waals surface area (Å²) in [5, 5.41) is 0.522. The van der Waals surface area contributed by atoms with Crippen molar-refractivity contribution in [2.24, 2.45) is 5.92 Å². The van der Waals surface area contributed by atoms with Gasteiger partial charge in [0.15, 0.2) is 0 Å². The Kier molecular flexibility index (Phi) is 5.06. The summed E-state index contributed by atoms with van der Waals surface area (Å²) in [5.74, 6) is 0.764. The van der Waals surface area contributed by atoms with Gasteiger partial charge in [0.1, 0.15) is 10.3 Å². The number of piperidine rings is 1. The Bertz CT molecular complexity index is 437. The van der Waals surface area contributed by atoms with Gasteiger partial charge >= 0.3 is 0 Å². The molecule has 0 atom stereocenters. The van der Waals surface area contributed by atoms with Crippen molar-refractivity contribution in [2.75, 3.05) is 13.1 Å². The van der Waals surface area contributed by atoms with Gasteiger partial charge in [0.25, 0.3) is 5.91 Å². The summed E-state index contributed by atoms with van der Waals surface area (Å²) in [6.07, 6.45) is 4.65. The summed E-state index contributed by atoms with van der Waals surface area (Å²) in [6.45, 7) is 3.85. The summed E-state index contributed by atoms with van der Waals surface area (Å²) in [7, 11) is 0. The van der Waals surface area contributed by atoms with Crippen LogP contribution in [-0.2, 0) is 0 Å². The summed E-state index contributed by atoms with van der Waals surface area (Å²) in [6, 6.07) is 3.15. The third-order valence-electron chi connectivity index (χ3n) is 3.61. The quantitative estimate of drug-likeness (QED) is 0.789. The zero-order valence-corrected chi connectivity index (χ0v) is 12.5. The van der Waals surface area contributed by atoms with Crippen molar-refractivity contribution in [3.05, 3.63) is 28.0 Å². The van der Waals surface area contributed by atoms with Crippen LogP contribution in [0.3, 0.4) is 0 Å². The van der Waals surface area contributed by atoms with Gasteiger partial charge in [0.2, 0.25) is 0 Å². The number of nitrogens with zero attached hydrogens (tertiary/aromatic N) is 2. The Morgan fingerprint density at radius 3 is 2.42 bits per heavy atom. The predicted octanol–water partition coefficient (Wildman–Crippen LogP) is 4.04. The molecule has 3 nitrogen and oxygen atoms in total. The summed E-state index contributed by atoms with van der Waals surface area (Å²) >= 11 is 11.7. The molecule has 1 aromatic rings. The Hall–Kier alpha value is -0.800. The first-order valence-corrected chi connectivity index (χ1v) is 7.48. The number of rotatable bonds is 3. The molecule has 0 N–H and O–H groups in total. The minimum absolute atomic E-state index is 0.00106. The van der Waals surface area contributed by atoms with Gasteiger partial charge in [-0.3, -0.25) is 4.79 Å². The van der Waals surface area contributed by atoms with E-state index < -0.39 is 0 Å². The van der Waals surface area contributed by atoms with E-state index in [1.165, 1.54) is 12.8 Å². The summed E-state index contributed by atoms with van der Waals surface area (Å²) in [5.41, 5.74) is 0.527. The lowest BCUT2D eigenvalue weighted by Gasteiger charge is -2.32. The van der Waals surface area contributed by atoms with Gasteiger partial charge in [0, 0.05) is 18.7 Å². The Morgan fingerprint density at radius 2 is 1.89 bits per heavy atom. The molecule has 1 amide bonds. The molecular formula is C14H18Cl2N2O. The monoisotopic (exact) mass is 300 g/mol. The van der Waals surface area contributed by atoms with Crippen molar-refractivity contribution in [1.29, 1.82) is 0 Å². The molecule has 19 heavy (non-hydrogen) atoms. The molecule has 0 bridgehead atoms. The maximum atomic E-state index is 12.3. The summed E-state index contributed by atoms with van der Waals surface area (Å²) in [4.78, 5) is 18.1. The Labute approximate surface area is 123 Å². The first-order chi connectivity index (χ1) is 9.10. The third kappa shape index (κ3) is 3.83. The molecule has 0 saturated carbocycles. The molecule has 1 fully saturated rings. The number of amides is 1. The molecule has 0 unspecified atom stereocenters. The van der Waals surface area contributed by atoms with Gasteiger partial charge in [-0.25, -0.2) is 4.98 Å². The highest BCUT2D eigenvalue weighted by molar-refractivity contribution is 6.33. The number of hydrogen-bond acceptors (Lipinski definition) is 2. The lowest BCUT2D eigenvalue weighted by atomic mass is 9.92. The van der Waals surface area contributed by atoms with Gasteiger partial charge in [-0.05, 0) is 30.9 Å². The smallest absolute Gasteiger partial charge is 0.254 e. The highest BCUT2D eigenvalue weighted by Crippen LogP contribution is 2.24. The van der Waals surface area contributed by atoms with Gasteiger partial charge in [0.05, 0.1) is 0 Å². The van der Waals surface area contributed by atoms with Crippen LogP contribution in [-0.4, -0.2) is 28.9 Å². The van der Waals surface area contributed by atoms with E-state index in [9.17, 15) is 4.79 Å². The molecule has 0 spiro atoms. The average molecular weight is 301 g/mol. The van der Waals surface area contributed by atoms with Crippen LogP contribution in [0, 0.1) is 5.92 Å². The molecule has 0 aromatic carbocycles. The zero-order chi connectivity index (χ0) is 13.8. The van der Waals surface area contributed by atoms with Gasteiger partial charge in [-0.2, -0.15) is 0 Å². The molecule has 1 aliphatic rings. The van der Waals surface area contributed by atoms with E-state index in [-0.39, 0.29) is 16.2 Å². The van der Waals surface area contributed by atoms with Crippen LogP contribution in [0.5, 0.6) is 0 Å². The molecule has 1 aliphatic heterocycles. The molecule has 2 rings (SSSR count). The van der Waals surface area contributed by atoms with E-state index >= 15 is 0 Å². The number of aromatic nitrogens is 1. The van der Waals surface area contributed by atoms with Crippen LogP contribution in [0.4, 0.5) is 0 Å². The van der Waals surface area contributed by atoms with E-state index in [0.29, 0.717) is 5.56 Å². The minimum Gasteiger partial charge on any atom is -0.339 e. The maximum absolute atomic E-state index is 12.3. The van der Waals surface area contributed by atoms with Crippen molar-refractivity contribution < 1.29 is 4.79 Å². The number of carbonyl (C=O) groups excluding carboxylic acids is 1. The first-order valence-electron chi connectivity index (χ1n) is 6.72. The van der Waals surface area contributed by atoms with Gasteiger partial charge < -0.3 is 4.90 Å². The second kappa shape index (κ2) is 6.58. The Balaban J connectivity index is 2.01. The highest BCUT2D eigenvalue weighted by Gasteiger charge is 2.23. The van der Waals surface area contributed by atoms with E-state index in [1.807, 2.05) is 4.90 Å². The van der Waals surface area contributed by atoms with Crippen LogP contribution < -0.4 is 0 Å². The van der Waals surface area contributed by atoms with E-state index in [1.54, 1.807) is 12.1 Å². The lowest BCUT2D eigenvalue weighted by Crippen LogP contribution is -2.38. The fourth-order valence-electron chi connectivity index (χ4n) is 2.60. The van der Waals surface area contributed by atoms with E-state index in [0.717, 1.165) is 31.8 Å². The number of pyridine rings is 1. The molecule has 5 heteroatoms. The molecule has 0 radical (unpaired) electrons. The van der Waals surface area contributed by atoms with Crippen molar-refractivity contribution in [1.82, 2.24) is 9.88 Å². The van der Waals surface area contributed by atoms with Crippen molar-refractivity contribution in [3.63, 3.8) is 0 Å². The van der Waals surface area contributed by atoms with Crippen LogP contribution in [0.2, 0.25) is 10.3 Å². The fraction of sp³-hybridized carbons (Fsp3) is 0.571. The third-order valence-corrected chi connectivity index (χ3v) is 4.00. The second-order valence-electron chi connectivity index (χ2n) is 5.03. The van der Waals surface area contributed by atoms with Crippen LogP contribution >= 0.6 is 23.2 Å². The highest BCUT2D eigenvalue weighted by atomic mass is 35.5. The molecule has 2 heterocycles. The molecule has 0 aliphatic carbocycles. The number of hydrogen-bond donors (Lipinski definition) is 0. The van der Waals surface area contributed by atoms with Gasteiger partial charge in [-0.15, -0.1) is 0 Å². The standard InChI is InChI=1S/C14H18Cl2N2O/c1-2-3-10-4-6-18(7-5-10)14(19)11-8-12(15)17-13(16)9-11/h8-10H,2-7H2,1H3. The minimum atomic E-state index is 0.00106. The van der Waals surface area contributed by atoms with Crippen LogP contribution in [0.1, 0.15) is 43.0 Å². The SMILES string of the molecule is CCCC1CCN(C(=O)c2cc(Cl)nc(Cl)c2)CC1. The zero-order valence-electron chi connectivity index (χ0n) is 11.0. The topological polar surface area (TPSA) is 33.2 Å². The Morgan fingerprint density at radius 1 is 1.32 bits per heavy atom. The lowest BCUT2D eigenvalue weighted by molar-refractivity contribution is 0.0686. The number of likely N-dealkylation sites (tertiary alicyclic amines) is 1. The largest absolute Gasteiger partial charge is 0.339 e. The molecular weight excluding hydrogens is 283 g/mol. The predicted molar refractivity (Wildman–Crippen MR) is 77.8 cm³/mol. The van der Waals surface area contributed by atoms with Crippen LogP contribution in [0.25, 0.3) is 0 Å². The van der Waals surface area contributed by atoms with E-state index in [2.05, 4.69) is 11.9 Å². The molecule has 1 saturated heterocycles. The van der Waals surface area contributed by atoms with Crippen molar-refractivity contribution in [2.45, 2.75) is 32.6 Å². The number of carbonyl (C=O) groups is 1. The van der Waals surface area contributed by atoms with Crippen LogP contribution in [0.15, 0.2) is 12.1 Å². The van der Waals surface area contributed by atoms with Crippen molar-refractivity contribution >= 4 is 29.1 Å². The van der Waals surface area contributed by atoms with Gasteiger partial charge in [-0.1, -0.05) is 43.0 Å². The maximum Gasteiger partial charge on any atom is 0.254 e. The molecule has 1 aromatic heterocycles. The second-order valence-corrected chi connectivity index (χ2v) is 5.80. The van der Waals surface area contributed by atoms with Crippen molar-refractivity contribution in [3.8, 4) is 0 Å². The fourth-order valence-corrected chi connectivity index (χ4v) is 3.06. The first kappa shape index (κ1) is 14.6. The van der Waals surface area contributed by atoms with E-state index in [4.69, 9.17) is 23.2 Å². The summed E-state index contributed by atoms with van der Waals surface area (Å²) < 4.78 is 0. The number of halogens is 2. The average Bonchev–Trinajstić information content (AvgIpc) is 2.38.